The lowest BCUT2D eigenvalue weighted by atomic mass is 10.1. The van der Waals surface area contributed by atoms with E-state index in [0.717, 1.165) is 10.4 Å². The first-order valence-corrected chi connectivity index (χ1v) is 11.3. The molecule has 1 N–H and O–H groups in total. The summed E-state index contributed by atoms with van der Waals surface area (Å²) in [4.78, 5) is 13.4. The van der Waals surface area contributed by atoms with Crippen LogP contribution in [0.15, 0.2) is 88.2 Å². The van der Waals surface area contributed by atoms with Crippen molar-refractivity contribution in [1.29, 1.82) is 0 Å². The van der Waals surface area contributed by atoms with E-state index in [1.807, 2.05) is 47.8 Å². The van der Waals surface area contributed by atoms with Crippen molar-refractivity contribution in [2.45, 2.75) is 11.3 Å². The molecule has 0 unspecified atom stereocenters. The summed E-state index contributed by atoms with van der Waals surface area (Å²) in [5.74, 6) is -0.495. The number of benzene rings is 2. The van der Waals surface area contributed by atoms with Crippen molar-refractivity contribution in [2.75, 3.05) is 13.1 Å². The van der Waals surface area contributed by atoms with Gasteiger partial charge >= 0.3 is 0 Å². The summed E-state index contributed by atoms with van der Waals surface area (Å²) in [5.41, 5.74) is 3.40. The molecular weight excluding hydrogens is 406 g/mol. The molecule has 0 aliphatic heterocycles. The van der Waals surface area contributed by atoms with E-state index in [1.54, 1.807) is 18.2 Å². The molecular formula is C21H21N3O3S2. The third-order valence-electron chi connectivity index (χ3n) is 4.12. The normalized spacial score (nSPS) is 11.8. The largest absolute Gasteiger partial charge is 0.272 e. The Hall–Kier alpha value is -2.81. The summed E-state index contributed by atoms with van der Waals surface area (Å²) in [6.45, 7) is -0.130. The second-order valence-electron chi connectivity index (χ2n) is 6.20. The average Bonchev–Trinajstić information content (AvgIpc) is 3.26. The monoisotopic (exact) mass is 427 g/mol. The van der Waals surface area contributed by atoms with Crippen LogP contribution in [0.2, 0.25) is 0 Å². The lowest BCUT2D eigenvalue weighted by Crippen LogP contribution is -2.40. The van der Waals surface area contributed by atoms with Gasteiger partial charge in [-0.3, -0.25) is 4.79 Å². The van der Waals surface area contributed by atoms with Gasteiger partial charge in [0.05, 0.1) is 17.7 Å². The zero-order valence-corrected chi connectivity index (χ0v) is 17.3. The quantitative estimate of drug-likeness (QED) is 0.421. The predicted octanol–water partition coefficient (Wildman–Crippen LogP) is 3.13. The van der Waals surface area contributed by atoms with Crippen LogP contribution in [0.4, 0.5) is 0 Å². The van der Waals surface area contributed by atoms with E-state index in [9.17, 15) is 13.2 Å². The van der Waals surface area contributed by atoms with Crippen molar-refractivity contribution in [1.82, 2.24) is 9.73 Å². The Labute approximate surface area is 174 Å². The van der Waals surface area contributed by atoms with Crippen LogP contribution >= 0.6 is 11.3 Å². The van der Waals surface area contributed by atoms with Gasteiger partial charge in [0, 0.05) is 11.4 Å². The second kappa shape index (κ2) is 10.1. The van der Waals surface area contributed by atoms with Gasteiger partial charge in [-0.15, -0.1) is 11.3 Å². The van der Waals surface area contributed by atoms with E-state index in [4.69, 9.17) is 0 Å². The predicted molar refractivity (Wildman–Crippen MR) is 115 cm³/mol. The Bertz CT molecular complexity index is 1040. The van der Waals surface area contributed by atoms with Gasteiger partial charge < -0.3 is 0 Å². The van der Waals surface area contributed by atoms with Crippen molar-refractivity contribution in [3.05, 3.63) is 88.6 Å². The fourth-order valence-electron chi connectivity index (χ4n) is 2.65. The van der Waals surface area contributed by atoms with Crippen molar-refractivity contribution >= 4 is 33.5 Å². The number of hydrazone groups is 1. The molecule has 0 spiro atoms. The van der Waals surface area contributed by atoms with Crippen molar-refractivity contribution < 1.29 is 13.2 Å². The second-order valence-corrected chi connectivity index (χ2v) is 9.11. The molecule has 0 radical (unpaired) electrons. The first-order chi connectivity index (χ1) is 14.1. The van der Waals surface area contributed by atoms with Crippen LogP contribution in [-0.4, -0.2) is 37.9 Å². The van der Waals surface area contributed by atoms with Gasteiger partial charge in [-0.05, 0) is 35.6 Å². The number of nitrogens with one attached hydrogen (secondary N) is 1. The fourth-order valence-corrected chi connectivity index (χ4v) is 4.66. The summed E-state index contributed by atoms with van der Waals surface area (Å²) >= 11 is 1.49. The highest BCUT2D eigenvalue weighted by atomic mass is 32.2. The average molecular weight is 428 g/mol. The zero-order valence-electron chi connectivity index (χ0n) is 15.6. The van der Waals surface area contributed by atoms with Crippen LogP contribution in [0.3, 0.4) is 0 Å². The first kappa shape index (κ1) is 20.9. The van der Waals surface area contributed by atoms with E-state index in [-0.39, 0.29) is 18.0 Å². The molecule has 6 nitrogen and oxygen atoms in total. The Kier molecular flexibility index (Phi) is 7.29. The molecule has 0 aliphatic carbocycles. The maximum absolute atomic E-state index is 13.1. The van der Waals surface area contributed by atoms with Crippen LogP contribution in [0.25, 0.3) is 0 Å². The highest BCUT2D eigenvalue weighted by Gasteiger charge is 2.26. The summed E-state index contributed by atoms with van der Waals surface area (Å²) < 4.78 is 27.3. The Balaban J connectivity index is 1.72. The highest BCUT2D eigenvalue weighted by Crippen LogP contribution is 2.16. The third kappa shape index (κ3) is 6.08. The standard InChI is InChI=1S/C21H21N3O3S2/c25-21(23-22-16-19-10-7-15-28-19)17-24(14-13-18-8-3-1-4-9-18)29(26,27)20-11-5-2-6-12-20/h1-12,15-16H,13-14,17H2,(H,23,25)/b22-16+. The molecule has 8 heteroatoms. The smallest absolute Gasteiger partial charge is 0.255 e. The number of rotatable bonds is 9. The minimum atomic E-state index is -3.81. The van der Waals surface area contributed by atoms with Crippen molar-refractivity contribution in [3.8, 4) is 0 Å². The van der Waals surface area contributed by atoms with Crippen LogP contribution in [0, 0.1) is 0 Å². The molecule has 0 saturated carbocycles. The first-order valence-electron chi connectivity index (χ1n) is 9.00. The van der Waals surface area contributed by atoms with Crippen LogP contribution < -0.4 is 5.43 Å². The van der Waals surface area contributed by atoms with Gasteiger partial charge in [-0.25, -0.2) is 13.8 Å². The van der Waals surface area contributed by atoms with Crippen molar-refractivity contribution in [2.24, 2.45) is 5.10 Å². The summed E-state index contributed by atoms with van der Waals surface area (Å²) in [7, 11) is -3.81. The van der Waals surface area contributed by atoms with Crippen LogP contribution in [0.5, 0.6) is 0 Å². The molecule has 3 rings (SSSR count). The molecule has 29 heavy (non-hydrogen) atoms. The van der Waals surface area contributed by atoms with E-state index < -0.39 is 15.9 Å². The fraction of sp³-hybridized carbons (Fsp3) is 0.143. The number of carbonyl (C=O) groups is 1. The maximum Gasteiger partial charge on any atom is 0.255 e. The molecule has 0 aliphatic rings. The number of thiophene rings is 1. The van der Waals surface area contributed by atoms with E-state index in [0.29, 0.717) is 6.42 Å². The van der Waals surface area contributed by atoms with Crippen LogP contribution in [-0.2, 0) is 21.2 Å². The number of amides is 1. The number of hydrogen-bond donors (Lipinski definition) is 1. The van der Waals surface area contributed by atoms with E-state index in [2.05, 4.69) is 10.5 Å². The molecule has 0 fully saturated rings. The number of hydrogen-bond acceptors (Lipinski definition) is 5. The van der Waals surface area contributed by atoms with Crippen molar-refractivity contribution in [3.63, 3.8) is 0 Å². The molecule has 1 amide bonds. The third-order valence-corrected chi connectivity index (χ3v) is 6.78. The number of sulfonamides is 1. The van der Waals surface area contributed by atoms with E-state index in [1.165, 1.54) is 34.0 Å². The van der Waals surface area contributed by atoms with Gasteiger partial charge in [-0.1, -0.05) is 54.6 Å². The van der Waals surface area contributed by atoms with Gasteiger partial charge in [0.15, 0.2) is 0 Å². The minimum Gasteiger partial charge on any atom is -0.272 e. The topological polar surface area (TPSA) is 78.8 Å². The lowest BCUT2D eigenvalue weighted by Gasteiger charge is -2.21. The van der Waals surface area contributed by atoms with Gasteiger partial charge in [0.25, 0.3) is 5.91 Å². The van der Waals surface area contributed by atoms with Gasteiger partial charge in [0.1, 0.15) is 0 Å². The lowest BCUT2D eigenvalue weighted by molar-refractivity contribution is -0.121. The maximum atomic E-state index is 13.1. The number of nitrogens with zero attached hydrogens (tertiary/aromatic N) is 2. The molecule has 1 aromatic heterocycles. The molecule has 0 saturated heterocycles. The Morgan fingerprint density at radius 2 is 1.69 bits per heavy atom. The zero-order chi connectivity index (χ0) is 20.5. The Morgan fingerprint density at radius 3 is 2.34 bits per heavy atom. The highest BCUT2D eigenvalue weighted by molar-refractivity contribution is 7.89. The van der Waals surface area contributed by atoms with E-state index >= 15 is 0 Å². The molecule has 3 aromatic rings. The van der Waals surface area contributed by atoms with Crippen LogP contribution in [0.1, 0.15) is 10.4 Å². The molecule has 150 valence electrons. The minimum absolute atomic E-state index is 0.156. The van der Waals surface area contributed by atoms with Gasteiger partial charge in [-0.2, -0.15) is 9.41 Å². The number of carbonyl (C=O) groups excluding carboxylic acids is 1. The molecule has 0 atom stereocenters. The SMILES string of the molecule is O=C(CN(CCc1ccccc1)S(=O)(=O)c1ccccc1)N/N=C/c1cccs1. The summed E-state index contributed by atoms with van der Waals surface area (Å²) in [6.07, 6.45) is 2.03. The molecule has 0 bridgehead atoms. The Morgan fingerprint density at radius 1 is 1.00 bits per heavy atom. The summed E-state index contributed by atoms with van der Waals surface area (Å²) in [6, 6.07) is 21.4. The van der Waals surface area contributed by atoms with Gasteiger partial charge in [0.2, 0.25) is 10.0 Å². The molecule has 1 heterocycles. The molecule has 2 aromatic carbocycles. The summed E-state index contributed by atoms with van der Waals surface area (Å²) in [5, 5.41) is 5.81.